The number of alkyl carbamates (subject to hydrolysis) is 1. The number of likely N-dealkylation sites (N-methyl/N-ethyl adjacent to an activating group) is 1. The van der Waals surface area contributed by atoms with Crippen molar-refractivity contribution in [1.82, 2.24) is 10.2 Å². The van der Waals surface area contributed by atoms with E-state index in [1.807, 2.05) is 0 Å². The van der Waals surface area contributed by atoms with Crippen molar-refractivity contribution in [2.45, 2.75) is 31.7 Å². The van der Waals surface area contributed by atoms with E-state index in [0.29, 0.717) is 23.7 Å². The molecule has 0 unspecified atom stereocenters. The monoisotopic (exact) mass is 570 g/mol. The second kappa shape index (κ2) is 12.0. The van der Waals surface area contributed by atoms with Crippen molar-refractivity contribution < 1.29 is 27.5 Å². The molecule has 1 aliphatic heterocycles. The number of carbonyl (C=O) groups excluding carboxylic acids is 3. The predicted octanol–water partition coefficient (Wildman–Crippen LogP) is 4.09. The molecule has 39 heavy (non-hydrogen) atoms. The zero-order chi connectivity index (χ0) is 28.2. The molecule has 0 bridgehead atoms. The fraction of sp³-hybridized carbons (Fsp3) is 0.296. The third-order valence-corrected chi connectivity index (χ3v) is 9.35. The largest absolute Gasteiger partial charge is 0.450 e. The number of nitrogens with one attached hydrogen (secondary N) is 2. The number of amides is 3. The summed E-state index contributed by atoms with van der Waals surface area (Å²) in [5.74, 6) is -1.15. The lowest BCUT2D eigenvalue weighted by molar-refractivity contribution is 0.0924. The fourth-order valence-corrected chi connectivity index (χ4v) is 6.74. The highest BCUT2D eigenvalue weighted by Gasteiger charge is 2.30. The molecule has 1 aliphatic rings. The second-order valence-corrected chi connectivity index (χ2v) is 11.9. The first kappa shape index (κ1) is 28.3. The number of imide groups is 1. The van der Waals surface area contributed by atoms with Crippen molar-refractivity contribution in [3.05, 3.63) is 76.2 Å². The van der Waals surface area contributed by atoms with Crippen molar-refractivity contribution in [3.8, 4) is 0 Å². The van der Waals surface area contributed by atoms with Crippen LogP contribution in [0.3, 0.4) is 0 Å². The van der Waals surface area contributed by atoms with Crippen molar-refractivity contribution in [1.29, 1.82) is 0 Å². The lowest BCUT2D eigenvalue weighted by atomic mass is 10.0. The number of anilines is 2. The number of fused-ring (bicyclic) bond motifs is 1. The molecule has 2 N–H and O–H groups in total. The Labute approximate surface area is 231 Å². The molecule has 206 valence electrons. The first-order chi connectivity index (χ1) is 18.6. The summed E-state index contributed by atoms with van der Waals surface area (Å²) in [6, 6.07) is 14.3. The van der Waals surface area contributed by atoms with Gasteiger partial charge in [0.2, 0.25) is 0 Å². The van der Waals surface area contributed by atoms with E-state index in [0.717, 1.165) is 23.5 Å². The van der Waals surface area contributed by atoms with E-state index in [1.165, 1.54) is 47.0 Å². The van der Waals surface area contributed by atoms with E-state index in [1.54, 1.807) is 37.3 Å². The average molecular weight is 571 g/mol. The SMILES string of the molecule is CCOC(=O)NC(=O)c1c(NC(=O)c2ccc(S(=O)(=O)N(C)c3ccccc3)cc2)sc2c1CCN(CC)C2. The number of sulfonamides is 1. The van der Waals surface area contributed by atoms with Gasteiger partial charge in [0.1, 0.15) is 5.00 Å². The van der Waals surface area contributed by atoms with E-state index in [-0.39, 0.29) is 22.6 Å². The summed E-state index contributed by atoms with van der Waals surface area (Å²) in [6.45, 7) is 6.03. The minimum absolute atomic E-state index is 0.0335. The quantitative estimate of drug-likeness (QED) is 0.418. The predicted molar refractivity (Wildman–Crippen MR) is 150 cm³/mol. The number of thiophene rings is 1. The highest BCUT2D eigenvalue weighted by atomic mass is 32.2. The standard InChI is InChI=1S/C27H30N4O6S2/c1-4-31-16-15-21-22(17-31)38-26(23(21)25(33)29-27(34)37-5-2)28-24(32)18-11-13-20(14-12-18)39(35,36)30(3)19-9-7-6-8-10-19/h6-14H,4-5,15-17H2,1-3H3,(H,28,32)(H,29,33,34). The number of rotatable bonds is 8. The van der Waals surface area contributed by atoms with Crippen LogP contribution in [0.15, 0.2) is 59.5 Å². The van der Waals surface area contributed by atoms with Gasteiger partial charge in [-0.05, 0) is 61.9 Å². The number of carbonyl (C=O) groups is 3. The van der Waals surface area contributed by atoms with Crippen LogP contribution in [0.1, 0.15) is 45.0 Å². The molecule has 0 saturated carbocycles. The molecule has 1 aromatic heterocycles. The summed E-state index contributed by atoms with van der Waals surface area (Å²) in [4.78, 5) is 41.3. The lowest BCUT2D eigenvalue weighted by Gasteiger charge is -2.25. The number of para-hydroxylation sites is 1. The maximum Gasteiger partial charge on any atom is 0.414 e. The van der Waals surface area contributed by atoms with Gasteiger partial charge in [-0.25, -0.2) is 13.2 Å². The van der Waals surface area contributed by atoms with Gasteiger partial charge in [0.25, 0.3) is 21.8 Å². The molecular weight excluding hydrogens is 540 g/mol. The van der Waals surface area contributed by atoms with Gasteiger partial charge in [-0.3, -0.25) is 24.1 Å². The van der Waals surface area contributed by atoms with E-state index in [9.17, 15) is 22.8 Å². The molecule has 0 aliphatic carbocycles. The summed E-state index contributed by atoms with van der Waals surface area (Å²) in [5, 5.41) is 5.35. The van der Waals surface area contributed by atoms with E-state index in [2.05, 4.69) is 22.5 Å². The number of hydrogen-bond acceptors (Lipinski definition) is 8. The summed E-state index contributed by atoms with van der Waals surface area (Å²) in [6.07, 6.45) is -0.259. The van der Waals surface area contributed by atoms with Crippen LogP contribution in [-0.2, 0) is 27.7 Å². The topological polar surface area (TPSA) is 125 Å². The zero-order valence-electron chi connectivity index (χ0n) is 21.9. The van der Waals surface area contributed by atoms with Gasteiger partial charge in [0, 0.05) is 30.6 Å². The van der Waals surface area contributed by atoms with Crippen LogP contribution >= 0.6 is 11.3 Å². The maximum absolute atomic E-state index is 13.2. The Bertz CT molecular complexity index is 1470. The number of hydrogen-bond donors (Lipinski definition) is 2. The number of benzene rings is 2. The van der Waals surface area contributed by atoms with Gasteiger partial charge < -0.3 is 10.1 Å². The summed E-state index contributed by atoms with van der Waals surface area (Å²) in [7, 11) is -2.37. The normalized spacial score (nSPS) is 13.3. The van der Waals surface area contributed by atoms with Crippen molar-refractivity contribution >= 4 is 50.0 Å². The molecule has 0 radical (unpaired) electrons. The first-order valence-electron chi connectivity index (χ1n) is 12.5. The average Bonchev–Trinajstić information content (AvgIpc) is 3.30. The van der Waals surface area contributed by atoms with Gasteiger partial charge in [-0.2, -0.15) is 0 Å². The van der Waals surface area contributed by atoms with E-state index < -0.39 is 27.9 Å². The van der Waals surface area contributed by atoms with Crippen LogP contribution in [0.5, 0.6) is 0 Å². The fourth-order valence-electron chi connectivity index (χ4n) is 4.27. The highest BCUT2D eigenvalue weighted by molar-refractivity contribution is 7.92. The molecule has 0 saturated heterocycles. The molecule has 2 aromatic carbocycles. The van der Waals surface area contributed by atoms with Gasteiger partial charge in [0.05, 0.1) is 22.8 Å². The van der Waals surface area contributed by atoms with Gasteiger partial charge >= 0.3 is 6.09 Å². The zero-order valence-corrected chi connectivity index (χ0v) is 23.5. The van der Waals surface area contributed by atoms with Crippen LogP contribution in [0.25, 0.3) is 0 Å². The molecular formula is C27H30N4O6S2. The Hall–Kier alpha value is -3.74. The third kappa shape index (κ3) is 6.13. The Morgan fingerprint density at radius 1 is 1.03 bits per heavy atom. The molecule has 0 spiro atoms. The molecule has 10 nitrogen and oxygen atoms in total. The number of ether oxygens (including phenoxy) is 1. The van der Waals surface area contributed by atoms with Crippen molar-refractivity contribution in [2.75, 3.05) is 36.4 Å². The molecule has 0 fully saturated rings. The van der Waals surface area contributed by atoms with E-state index in [4.69, 9.17) is 4.74 Å². The Kier molecular flexibility index (Phi) is 8.68. The van der Waals surface area contributed by atoms with Crippen LogP contribution < -0.4 is 14.9 Å². The molecule has 3 amide bonds. The summed E-state index contributed by atoms with van der Waals surface area (Å²) in [5.41, 5.74) is 1.77. The molecule has 3 aromatic rings. The van der Waals surface area contributed by atoms with Crippen molar-refractivity contribution in [2.24, 2.45) is 0 Å². The van der Waals surface area contributed by atoms with E-state index >= 15 is 0 Å². The second-order valence-electron chi connectivity index (χ2n) is 8.79. The van der Waals surface area contributed by atoms with Gasteiger partial charge in [-0.15, -0.1) is 11.3 Å². The van der Waals surface area contributed by atoms with Gasteiger partial charge in [-0.1, -0.05) is 25.1 Å². The Morgan fingerprint density at radius 3 is 2.36 bits per heavy atom. The van der Waals surface area contributed by atoms with Crippen molar-refractivity contribution in [3.63, 3.8) is 0 Å². The molecule has 4 rings (SSSR count). The maximum atomic E-state index is 13.2. The first-order valence-corrected chi connectivity index (χ1v) is 14.7. The minimum Gasteiger partial charge on any atom is -0.450 e. The van der Waals surface area contributed by atoms with Crippen LogP contribution in [-0.4, -0.2) is 58.0 Å². The molecule has 0 atom stereocenters. The third-order valence-electron chi connectivity index (χ3n) is 6.42. The lowest BCUT2D eigenvalue weighted by Crippen LogP contribution is -2.34. The van der Waals surface area contributed by atoms with Crippen LogP contribution in [0, 0.1) is 0 Å². The van der Waals surface area contributed by atoms with Gasteiger partial charge in [0.15, 0.2) is 0 Å². The minimum atomic E-state index is -3.84. The Morgan fingerprint density at radius 2 is 1.72 bits per heavy atom. The molecule has 2 heterocycles. The smallest absolute Gasteiger partial charge is 0.414 e. The summed E-state index contributed by atoms with van der Waals surface area (Å²) < 4.78 is 32.1. The Balaban J connectivity index is 1.57. The highest BCUT2D eigenvalue weighted by Crippen LogP contribution is 2.37. The van der Waals surface area contributed by atoms with Crippen LogP contribution in [0.2, 0.25) is 0 Å². The summed E-state index contributed by atoms with van der Waals surface area (Å²) >= 11 is 1.29. The van der Waals surface area contributed by atoms with Crippen LogP contribution in [0.4, 0.5) is 15.5 Å². The number of nitrogens with zero attached hydrogens (tertiary/aromatic N) is 2. The molecule has 12 heteroatoms.